The number of likely N-dealkylation sites (N-methyl/N-ethyl adjacent to an activating group) is 1. The van der Waals surface area contributed by atoms with Crippen LogP contribution in [0.5, 0.6) is 0 Å². The highest BCUT2D eigenvalue weighted by Crippen LogP contribution is 2.12. The first-order valence-electron chi connectivity index (χ1n) is 6.24. The van der Waals surface area contributed by atoms with Gasteiger partial charge in [-0.15, -0.1) is 0 Å². The van der Waals surface area contributed by atoms with Crippen molar-refractivity contribution in [1.29, 1.82) is 0 Å². The molecule has 0 saturated carbocycles. The fraction of sp³-hybridized carbons (Fsp3) is 0.462. The Hall–Kier alpha value is -1.55. The number of nitrogens with one attached hydrogen (secondary N) is 2. The van der Waals surface area contributed by atoms with Crippen LogP contribution < -0.4 is 5.32 Å². The molecule has 0 unspecified atom stereocenters. The summed E-state index contributed by atoms with van der Waals surface area (Å²) in [6.45, 7) is 8.53. The molecule has 1 aromatic heterocycles. The van der Waals surface area contributed by atoms with E-state index in [1.807, 2.05) is 24.3 Å². The number of aromatic nitrogens is 2. The summed E-state index contributed by atoms with van der Waals surface area (Å²) in [4.78, 5) is 10.1. The molecule has 0 amide bonds. The Kier molecular flexibility index (Phi) is 3.98. The maximum atomic E-state index is 4.48. The second-order valence-electron chi connectivity index (χ2n) is 4.06. The summed E-state index contributed by atoms with van der Waals surface area (Å²) in [6.07, 6.45) is 0. The third-order valence-corrected chi connectivity index (χ3v) is 3.00. The zero-order chi connectivity index (χ0) is 12.1. The van der Waals surface area contributed by atoms with Crippen LogP contribution in [-0.4, -0.2) is 41.0 Å². The van der Waals surface area contributed by atoms with Crippen LogP contribution in [0.15, 0.2) is 24.3 Å². The first-order chi connectivity index (χ1) is 8.33. The molecule has 4 nitrogen and oxygen atoms in total. The highest BCUT2D eigenvalue weighted by Gasteiger charge is 2.02. The number of anilines is 1. The molecule has 0 spiro atoms. The van der Waals surface area contributed by atoms with Gasteiger partial charge in [0.2, 0.25) is 5.95 Å². The standard InChI is InChI=1S/C13H20N4/c1-3-17(4-2)10-9-14-13-15-11-7-5-6-8-12(11)16-13/h5-8H,3-4,9-10H2,1-2H3,(H2,14,15,16). The molecule has 0 atom stereocenters. The predicted octanol–water partition coefficient (Wildman–Crippen LogP) is 2.32. The van der Waals surface area contributed by atoms with Crippen LogP contribution in [0.2, 0.25) is 0 Å². The molecule has 17 heavy (non-hydrogen) atoms. The number of H-pyrrole nitrogens is 1. The van der Waals surface area contributed by atoms with E-state index < -0.39 is 0 Å². The van der Waals surface area contributed by atoms with E-state index in [1.165, 1.54) is 0 Å². The van der Waals surface area contributed by atoms with Crippen molar-refractivity contribution in [3.8, 4) is 0 Å². The zero-order valence-corrected chi connectivity index (χ0v) is 10.5. The van der Waals surface area contributed by atoms with Crippen LogP contribution in [0.1, 0.15) is 13.8 Å². The predicted molar refractivity (Wildman–Crippen MR) is 72.4 cm³/mol. The van der Waals surface area contributed by atoms with Crippen LogP contribution in [0.25, 0.3) is 11.0 Å². The quantitative estimate of drug-likeness (QED) is 0.803. The van der Waals surface area contributed by atoms with E-state index in [0.29, 0.717) is 0 Å². The number of hydrogen-bond donors (Lipinski definition) is 2. The molecule has 2 aromatic rings. The molecule has 2 rings (SSSR count). The van der Waals surface area contributed by atoms with Crippen LogP contribution in [0.3, 0.4) is 0 Å². The molecular weight excluding hydrogens is 212 g/mol. The molecule has 1 aromatic carbocycles. The average molecular weight is 232 g/mol. The van der Waals surface area contributed by atoms with Gasteiger partial charge in [0.1, 0.15) is 0 Å². The van der Waals surface area contributed by atoms with Gasteiger partial charge in [-0.05, 0) is 25.2 Å². The van der Waals surface area contributed by atoms with Crippen molar-refractivity contribution in [2.75, 3.05) is 31.5 Å². The maximum absolute atomic E-state index is 4.48. The van der Waals surface area contributed by atoms with Crippen molar-refractivity contribution in [3.05, 3.63) is 24.3 Å². The summed E-state index contributed by atoms with van der Waals surface area (Å²) in [5, 5.41) is 3.32. The van der Waals surface area contributed by atoms with Gasteiger partial charge in [-0.2, -0.15) is 0 Å². The lowest BCUT2D eigenvalue weighted by Crippen LogP contribution is -2.28. The van der Waals surface area contributed by atoms with Crippen molar-refractivity contribution in [2.24, 2.45) is 0 Å². The molecule has 2 N–H and O–H groups in total. The number of hydrogen-bond acceptors (Lipinski definition) is 3. The van der Waals surface area contributed by atoms with Gasteiger partial charge in [0.15, 0.2) is 0 Å². The minimum atomic E-state index is 0.860. The molecule has 0 radical (unpaired) electrons. The van der Waals surface area contributed by atoms with E-state index in [9.17, 15) is 0 Å². The second kappa shape index (κ2) is 5.68. The number of rotatable bonds is 6. The van der Waals surface area contributed by atoms with Crippen LogP contribution >= 0.6 is 0 Å². The molecule has 0 fully saturated rings. The van der Waals surface area contributed by atoms with Crippen molar-refractivity contribution < 1.29 is 0 Å². The minimum Gasteiger partial charge on any atom is -0.355 e. The lowest BCUT2D eigenvalue weighted by molar-refractivity contribution is 0.316. The fourth-order valence-corrected chi connectivity index (χ4v) is 1.91. The summed E-state index contributed by atoms with van der Waals surface area (Å²) in [7, 11) is 0. The number of benzene rings is 1. The van der Waals surface area contributed by atoms with E-state index in [4.69, 9.17) is 0 Å². The molecule has 0 aliphatic rings. The molecule has 1 heterocycles. The van der Waals surface area contributed by atoms with Gasteiger partial charge >= 0.3 is 0 Å². The molecule has 92 valence electrons. The number of para-hydroxylation sites is 2. The summed E-state index contributed by atoms with van der Waals surface area (Å²) >= 11 is 0. The Morgan fingerprint density at radius 2 is 2.00 bits per heavy atom. The maximum Gasteiger partial charge on any atom is 0.201 e. The van der Waals surface area contributed by atoms with Gasteiger partial charge in [-0.25, -0.2) is 4.98 Å². The van der Waals surface area contributed by atoms with Gasteiger partial charge < -0.3 is 15.2 Å². The molecular formula is C13H20N4. The Morgan fingerprint density at radius 1 is 1.24 bits per heavy atom. The smallest absolute Gasteiger partial charge is 0.201 e. The highest BCUT2D eigenvalue weighted by atomic mass is 15.2. The van der Waals surface area contributed by atoms with Crippen molar-refractivity contribution in [2.45, 2.75) is 13.8 Å². The largest absolute Gasteiger partial charge is 0.355 e. The molecule has 4 heteroatoms. The molecule has 0 aliphatic heterocycles. The van der Waals surface area contributed by atoms with E-state index >= 15 is 0 Å². The normalized spacial score (nSPS) is 11.2. The number of nitrogens with zero attached hydrogens (tertiary/aromatic N) is 2. The average Bonchev–Trinajstić information content (AvgIpc) is 2.77. The Labute approximate surface area is 102 Å². The Balaban J connectivity index is 1.90. The molecule has 0 saturated heterocycles. The lowest BCUT2D eigenvalue weighted by Gasteiger charge is -2.17. The SMILES string of the molecule is CCN(CC)CCNc1nc2ccccc2[nH]1. The lowest BCUT2D eigenvalue weighted by atomic mass is 10.3. The number of imidazole rings is 1. The van der Waals surface area contributed by atoms with Crippen LogP contribution in [-0.2, 0) is 0 Å². The highest BCUT2D eigenvalue weighted by molar-refractivity contribution is 5.77. The summed E-state index contributed by atoms with van der Waals surface area (Å²) in [6, 6.07) is 8.07. The summed E-state index contributed by atoms with van der Waals surface area (Å²) in [5.41, 5.74) is 2.09. The van der Waals surface area contributed by atoms with Crippen molar-refractivity contribution in [3.63, 3.8) is 0 Å². The third kappa shape index (κ3) is 2.97. The van der Waals surface area contributed by atoms with E-state index in [0.717, 1.165) is 43.2 Å². The number of fused-ring (bicyclic) bond motifs is 1. The third-order valence-electron chi connectivity index (χ3n) is 3.00. The van der Waals surface area contributed by atoms with E-state index in [2.05, 4.69) is 34.0 Å². The van der Waals surface area contributed by atoms with Crippen molar-refractivity contribution in [1.82, 2.24) is 14.9 Å². The minimum absolute atomic E-state index is 0.860. The van der Waals surface area contributed by atoms with Gasteiger partial charge in [-0.1, -0.05) is 26.0 Å². The van der Waals surface area contributed by atoms with Gasteiger partial charge in [-0.3, -0.25) is 0 Å². The van der Waals surface area contributed by atoms with E-state index in [-0.39, 0.29) is 0 Å². The fourth-order valence-electron chi connectivity index (χ4n) is 1.91. The number of aromatic amines is 1. The van der Waals surface area contributed by atoms with Gasteiger partial charge in [0.05, 0.1) is 11.0 Å². The van der Waals surface area contributed by atoms with E-state index in [1.54, 1.807) is 0 Å². The summed E-state index contributed by atoms with van der Waals surface area (Å²) in [5.74, 6) is 0.860. The van der Waals surface area contributed by atoms with Crippen LogP contribution in [0.4, 0.5) is 5.95 Å². The van der Waals surface area contributed by atoms with Gasteiger partial charge in [0.25, 0.3) is 0 Å². The topological polar surface area (TPSA) is 44.0 Å². The summed E-state index contributed by atoms with van der Waals surface area (Å²) < 4.78 is 0. The van der Waals surface area contributed by atoms with Crippen molar-refractivity contribution >= 4 is 17.0 Å². The monoisotopic (exact) mass is 232 g/mol. The van der Waals surface area contributed by atoms with Crippen LogP contribution in [0, 0.1) is 0 Å². The molecule has 0 aliphatic carbocycles. The van der Waals surface area contributed by atoms with Gasteiger partial charge in [0, 0.05) is 13.1 Å². The zero-order valence-electron chi connectivity index (χ0n) is 10.5. The molecule has 0 bridgehead atoms. The Bertz CT molecular complexity index is 426. The first-order valence-corrected chi connectivity index (χ1v) is 6.24. The second-order valence-corrected chi connectivity index (χ2v) is 4.06. The first kappa shape index (κ1) is 11.9. The Morgan fingerprint density at radius 3 is 2.71 bits per heavy atom.